The summed E-state index contributed by atoms with van der Waals surface area (Å²) in [7, 11) is 1.73. The van der Waals surface area contributed by atoms with Crippen molar-refractivity contribution in [2.45, 2.75) is 108 Å². The number of pyridine rings is 1. The maximum Gasteiger partial charge on any atom is 0.410 e. The number of aromatic nitrogens is 1. The smallest absolute Gasteiger partial charge is 0.410 e. The Bertz CT molecular complexity index is 1950. The largest absolute Gasteiger partial charge is 0.487 e. The molecule has 4 aliphatic rings. The molecule has 3 aromatic rings. The second-order valence-corrected chi connectivity index (χ2v) is 16.4. The lowest BCUT2D eigenvalue weighted by atomic mass is 9.55. The lowest BCUT2D eigenvalue weighted by Gasteiger charge is -2.59. The van der Waals surface area contributed by atoms with Gasteiger partial charge in [-0.3, -0.25) is 4.98 Å². The number of aryl methyl sites for hydroxylation is 1. The third-order valence-electron chi connectivity index (χ3n) is 12.4. The Morgan fingerprint density at radius 2 is 1.83 bits per heavy atom. The number of oxime groups is 1. The molecule has 7 rings (SSSR count). The number of aliphatic hydroxyl groups is 2. The molecular formula is C48H61N3O9. The number of rotatable bonds is 19. The van der Waals surface area contributed by atoms with Gasteiger partial charge in [0.2, 0.25) is 12.1 Å². The highest BCUT2D eigenvalue weighted by molar-refractivity contribution is 6.03. The normalized spacial score (nSPS) is 26.2. The first kappa shape index (κ1) is 43.3. The van der Waals surface area contributed by atoms with E-state index in [0.717, 1.165) is 73.0 Å². The minimum Gasteiger partial charge on any atom is -0.487 e. The molecule has 0 radical (unpaired) electrons. The number of carbonyl (C=O) groups excluding carboxylic acids is 1. The van der Waals surface area contributed by atoms with Gasteiger partial charge < -0.3 is 43.6 Å². The van der Waals surface area contributed by atoms with Gasteiger partial charge in [0.1, 0.15) is 30.8 Å². The molecule has 1 aromatic heterocycles. The molecule has 1 saturated carbocycles. The van der Waals surface area contributed by atoms with Gasteiger partial charge in [-0.2, -0.15) is 0 Å². The quantitative estimate of drug-likeness (QED) is 0.0688. The number of likely N-dealkylation sites (N-methyl/N-ethyl adjacent to an activating group) is 1. The standard InChI is InChI=1S/C48H61N3O9/c1-4-26-58-48-43(51(3)47(54)57-31-34-16-6-5-7-17-34)30-41(50-60-44-21-10-13-27-55-44)39-28-35(18-8-11-24-52)38(20-9-12-25-53)45(46(39)48)40-29-37(22-23-42(40)59-48)56-32-36-19-14-15-33(2)49-36/h4-7,14-17,19,22-23,28-29,35,38,43-46,52-53H,1,8-13,18,20-21,24-27,30-32H2,2-3H3/t35-,38+,43-,44?,45+,46+,48+/m0/s1. The Balaban J connectivity index is 1.36. The second-order valence-electron chi connectivity index (χ2n) is 16.4. The highest BCUT2D eigenvalue weighted by Gasteiger charge is 2.65. The molecule has 2 N–H and O–H groups in total. The third-order valence-corrected chi connectivity index (χ3v) is 12.4. The summed E-state index contributed by atoms with van der Waals surface area (Å²) in [6.45, 7) is 7.37. The molecule has 7 atom stereocenters. The van der Waals surface area contributed by atoms with Crippen LogP contribution in [0, 0.1) is 24.7 Å². The number of benzene rings is 2. The number of carbonyl (C=O) groups is 1. The molecule has 0 spiro atoms. The number of hydrogen-bond donors (Lipinski definition) is 2. The average molecular weight is 824 g/mol. The van der Waals surface area contributed by atoms with E-state index in [9.17, 15) is 15.0 Å². The zero-order valence-corrected chi connectivity index (χ0v) is 35.1. The lowest BCUT2D eigenvalue weighted by Crippen LogP contribution is -2.69. The van der Waals surface area contributed by atoms with E-state index in [1.165, 1.54) is 0 Å². The van der Waals surface area contributed by atoms with Crippen LogP contribution in [0.1, 0.15) is 92.6 Å². The molecule has 3 heterocycles. The molecule has 1 unspecified atom stereocenters. The number of ether oxygens (including phenoxy) is 5. The van der Waals surface area contributed by atoms with Gasteiger partial charge in [0.25, 0.3) is 0 Å². The van der Waals surface area contributed by atoms with E-state index in [2.05, 4.69) is 23.7 Å². The monoisotopic (exact) mass is 823 g/mol. The number of unbranched alkanes of at least 4 members (excludes halogenated alkanes) is 2. The van der Waals surface area contributed by atoms with Crippen LogP contribution in [-0.2, 0) is 32.3 Å². The highest BCUT2D eigenvalue weighted by atomic mass is 16.8. The van der Waals surface area contributed by atoms with Gasteiger partial charge in [-0.25, -0.2) is 4.79 Å². The average Bonchev–Trinajstić information content (AvgIpc) is 3.27. The first-order valence-electron chi connectivity index (χ1n) is 21.7. The predicted molar refractivity (Wildman–Crippen MR) is 227 cm³/mol. The number of fused-ring (bicyclic) bond motifs is 2. The van der Waals surface area contributed by atoms with Crippen molar-refractivity contribution in [3.05, 3.63) is 114 Å². The summed E-state index contributed by atoms with van der Waals surface area (Å²) >= 11 is 0. The van der Waals surface area contributed by atoms with Crippen molar-refractivity contribution >= 4 is 11.8 Å². The summed E-state index contributed by atoms with van der Waals surface area (Å²) in [5, 5.41) is 24.7. The van der Waals surface area contributed by atoms with E-state index < -0.39 is 30.1 Å². The fourth-order valence-electron chi connectivity index (χ4n) is 9.52. The maximum atomic E-state index is 14.2. The summed E-state index contributed by atoms with van der Waals surface area (Å²) in [6.07, 6.45) is 10.7. The molecule has 1 amide bonds. The zero-order valence-electron chi connectivity index (χ0n) is 35.1. The summed E-state index contributed by atoms with van der Waals surface area (Å²) in [4.78, 5) is 26.7. The number of amides is 1. The molecule has 1 saturated heterocycles. The summed E-state index contributed by atoms with van der Waals surface area (Å²) in [6, 6.07) is 20.7. The number of allylic oxidation sites excluding steroid dienone is 1. The Kier molecular flexibility index (Phi) is 14.9. The third kappa shape index (κ3) is 9.89. The fraction of sp³-hybridized carbons (Fsp3) is 0.521. The Hall–Kier alpha value is -4.75. The summed E-state index contributed by atoms with van der Waals surface area (Å²) < 4.78 is 32.6. The molecular weight excluding hydrogens is 763 g/mol. The number of nitrogens with zero attached hydrogens (tertiary/aromatic N) is 3. The van der Waals surface area contributed by atoms with Crippen molar-refractivity contribution in [3.63, 3.8) is 0 Å². The van der Waals surface area contributed by atoms with Crippen LogP contribution in [0.4, 0.5) is 4.79 Å². The minimum atomic E-state index is -1.39. The van der Waals surface area contributed by atoms with Crippen LogP contribution in [0.15, 0.2) is 96.2 Å². The van der Waals surface area contributed by atoms with Crippen molar-refractivity contribution in [1.82, 2.24) is 9.88 Å². The SMILES string of the molecule is C=CCO[C@@]12Oc3ccc(OCc4cccc(C)n4)cc3[C@H]3[C@H](CCCCO)[C@@H](CCCCO)C=C(C(=NOC4CCCCO4)C[C@@H]1N(C)C(=O)OCc1ccccc1)[C@H]32. The van der Waals surface area contributed by atoms with E-state index >= 15 is 0 Å². The summed E-state index contributed by atoms with van der Waals surface area (Å²) in [5.74, 6) is -0.538. The molecule has 12 nitrogen and oxygen atoms in total. The Morgan fingerprint density at radius 1 is 1.02 bits per heavy atom. The van der Waals surface area contributed by atoms with Crippen LogP contribution >= 0.6 is 0 Å². The molecule has 2 fully saturated rings. The van der Waals surface area contributed by atoms with Crippen LogP contribution in [0.25, 0.3) is 0 Å². The molecule has 0 bridgehead atoms. The van der Waals surface area contributed by atoms with Crippen LogP contribution < -0.4 is 9.47 Å². The van der Waals surface area contributed by atoms with Crippen LogP contribution in [0.2, 0.25) is 0 Å². The Morgan fingerprint density at radius 3 is 2.58 bits per heavy atom. The van der Waals surface area contributed by atoms with Gasteiger partial charge >= 0.3 is 6.09 Å². The first-order valence-corrected chi connectivity index (χ1v) is 21.7. The van der Waals surface area contributed by atoms with E-state index in [0.29, 0.717) is 43.3 Å². The fourth-order valence-corrected chi connectivity index (χ4v) is 9.52. The molecule has 2 aromatic carbocycles. The molecule has 322 valence electrons. The van der Waals surface area contributed by atoms with Crippen molar-refractivity contribution in [2.75, 3.05) is 33.5 Å². The zero-order chi connectivity index (χ0) is 41.9. The van der Waals surface area contributed by atoms with Crippen LogP contribution in [0.5, 0.6) is 11.5 Å². The molecule has 12 heteroatoms. The van der Waals surface area contributed by atoms with Crippen molar-refractivity contribution in [1.29, 1.82) is 0 Å². The second kappa shape index (κ2) is 20.7. The van der Waals surface area contributed by atoms with E-state index in [1.54, 1.807) is 18.0 Å². The molecule has 2 aliphatic heterocycles. The topological polar surface area (TPSA) is 141 Å². The van der Waals surface area contributed by atoms with Gasteiger partial charge in [-0.15, -0.1) is 6.58 Å². The first-order chi connectivity index (χ1) is 29.3. The van der Waals surface area contributed by atoms with Gasteiger partial charge in [0.05, 0.1) is 30.5 Å². The van der Waals surface area contributed by atoms with E-state index in [-0.39, 0.29) is 50.6 Å². The molecule has 2 aliphatic carbocycles. The van der Waals surface area contributed by atoms with Gasteiger partial charge in [-0.05, 0) is 98.8 Å². The number of hydrogen-bond acceptors (Lipinski definition) is 11. The predicted octanol–water partition coefficient (Wildman–Crippen LogP) is 8.40. The van der Waals surface area contributed by atoms with E-state index in [1.807, 2.05) is 67.6 Å². The number of aliphatic hydroxyl groups excluding tert-OH is 2. The van der Waals surface area contributed by atoms with Gasteiger partial charge in [0, 0.05) is 50.3 Å². The highest BCUT2D eigenvalue weighted by Crippen LogP contribution is 2.62. The van der Waals surface area contributed by atoms with Crippen molar-refractivity contribution < 1.29 is 43.5 Å². The minimum absolute atomic E-state index is 0.0740. The van der Waals surface area contributed by atoms with Crippen molar-refractivity contribution in [3.8, 4) is 11.5 Å². The van der Waals surface area contributed by atoms with Gasteiger partial charge in [0.15, 0.2) is 0 Å². The van der Waals surface area contributed by atoms with Crippen LogP contribution in [0.3, 0.4) is 0 Å². The van der Waals surface area contributed by atoms with Crippen molar-refractivity contribution in [2.24, 2.45) is 22.9 Å². The van der Waals surface area contributed by atoms with Gasteiger partial charge in [-0.1, -0.05) is 66.5 Å². The van der Waals surface area contributed by atoms with E-state index in [4.69, 9.17) is 33.7 Å². The van der Waals surface area contributed by atoms with Crippen LogP contribution in [-0.4, -0.2) is 83.5 Å². The molecule has 60 heavy (non-hydrogen) atoms. The summed E-state index contributed by atoms with van der Waals surface area (Å²) in [5.41, 5.74) is 5.26. The Labute approximate surface area is 354 Å². The lowest BCUT2D eigenvalue weighted by molar-refractivity contribution is -0.254. The maximum absolute atomic E-state index is 14.2.